The molecule has 0 unspecified atom stereocenters. The Morgan fingerprint density at radius 3 is 2.84 bits per heavy atom. The lowest BCUT2D eigenvalue weighted by atomic mass is 10.2. The molecule has 0 amide bonds. The van der Waals surface area contributed by atoms with Crippen molar-refractivity contribution in [1.82, 2.24) is 14.6 Å². The zero-order valence-corrected chi connectivity index (χ0v) is 10.2. The summed E-state index contributed by atoms with van der Waals surface area (Å²) in [7, 11) is 0. The van der Waals surface area contributed by atoms with Gasteiger partial charge in [-0.1, -0.05) is 12.1 Å². The topological polar surface area (TPSA) is 47.3 Å². The van der Waals surface area contributed by atoms with Crippen molar-refractivity contribution < 1.29 is 9.18 Å². The molecule has 0 saturated heterocycles. The molecule has 0 radical (unpaired) electrons. The molecule has 0 aliphatic heterocycles. The molecule has 2 heterocycles. The summed E-state index contributed by atoms with van der Waals surface area (Å²) in [4.78, 5) is 15.2. The second-order valence-electron chi connectivity index (χ2n) is 4.25. The lowest BCUT2D eigenvalue weighted by Crippen LogP contribution is -1.94. The van der Waals surface area contributed by atoms with Gasteiger partial charge in [-0.2, -0.15) is 0 Å². The van der Waals surface area contributed by atoms with Gasteiger partial charge < -0.3 is 0 Å². The number of halogens is 1. The number of aryl methyl sites for hydroxylation is 1. The van der Waals surface area contributed by atoms with E-state index in [2.05, 4.69) is 10.1 Å². The van der Waals surface area contributed by atoms with Gasteiger partial charge in [-0.3, -0.25) is 4.79 Å². The molecule has 2 aromatic heterocycles. The van der Waals surface area contributed by atoms with E-state index < -0.39 is 0 Å². The van der Waals surface area contributed by atoms with E-state index >= 15 is 0 Å². The van der Waals surface area contributed by atoms with E-state index in [9.17, 15) is 9.18 Å². The third-order valence-corrected chi connectivity index (χ3v) is 2.96. The molecule has 0 spiro atoms. The minimum atomic E-state index is -0.370. The number of aldehydes is 1. The van der Waals surface area contributed by atoms with Crippen molar-refractivity contribution in [3.05, 3.63) is 53.5 Å². The van der Waals surface area contributed by atoms with Crippen LogP contribution in [0.1, 0.15) is 15.9 Å². The number of fused-ring (bicyclic) bond motifs is 1. The fourth-order valence-electron chi connectivity index (χ4n) is 1.92. The fraction of sp³-hybridized carbons (Fsp3) is 0.0714. The highest BCUT2D eigenvalue weighted by molar-refractivity contribution is 5.77. The lowest BCUT2D eigenvalue weighted by Gasteiger charge is -1.97. The average Bonchev–Trinajstić information content (AvgIpc) is 2.80. The standard InChI is InChI=1S/C14H10FN3O/c1-9-6-13-16-14(11-4-2-3-5-12(11)15)17-18(13)7-10(9)8-19/h2-8H,1H3. The van der Waals surface area contributed by atoms with Gasteiger partial charge in [-0.15, -0.1) is 5.10 Å². The van der Waals surface area contributed by atoms with Gasteiger partial charge in [0, 0.05) is 11.8 Å². The molecule has 4 nitrogen and oxygen atoms in total. The number of aromatic nitrogens is 3. The molecule has 3 aromatic rings. The summed E-state index contributed by atoms with van der Waals surface area (Å²) >= 11 is 0. The number of hydrogen-bond donors (Lipinski definition) is 0. The number of carbonyl (C=O) groups is 1. The van der Waals surface area contributed by atoms with E-state index in [0.29, 0.717) is 22.6 Å². The van der Waals surface area contributed by atoms with Crippen molar-refractivity contribution in [2.24, 2.45) is 0 Å². The summed E-state index contributed by atoms with van der Waals surface area (Å²) < 4.78 is 15.2. The van der Waals surface area contributed by atoms with E-state index in [-0.39, 0.29) is 5.82 Å². The zero-order valence-electron chi connectivity index (χ0n) is 10.2. The Morgan fingerprint density at radius 2 is 2.11 bits per heavy atom. The molecule has 0 fully saturated rings. The molecule has 0 atom stereocenters. The Balaban J connectivity index is 2.22. The van der Waals surface area contributed by atoms with E-state index in [1.165, 1.54) is 10.6 Å². The van der Waals surface area contributed by atoms with Crippen LogP contribution >= 0.6 is 0 Å². The van der Waals surface area contributed by atoms with Crippen LogP contribution in [0.3, 0.4) is 0 Å². The monoisotopic (exact) mass is 255 g/mol. The molecule has 5 heteroatoms. The van der Waals surface area contributed by atoms with Crippen molar-refractivity contribution >= 4 is 11.9 Å². The number of hydrogen-bond acceptors (Lipinski definition) is 3. The number of rotatable bonds is 2. The summed E-state index contributed by atoms with van der Waals surface area (Å²) in [6.07, 6.45) is 2.36. The van der Waals surface area contributed by atoms with E-state index in [1.54, 1.807) is 30.5 Å². The highest BCUT2D eigenvalue weighted by atomic mass is 19.1. The molecule has 0 bridgehead atoms. The summed E-state index contributed by atoms with van der Waals surface area (Å²) in [5.41, 5.74) is 2.28. The van der Waals surface area contributed by atoms with E-state index in [1.807, 2.05) is 6.92 Å². The second-order valence-corrected chi connectivity index (χ2v) is 4.25. The molecule has 0 aliphatic carbocycles. The number of nitrogens with zero attached hydrogens (tertiary/aromatic N) is 3. The maximum Gasteiger partial charge on any atom is 0.185 e. The molecule has 0 aliphatic rings. The van der Waals surface area contributed by atoms with Crippen LogP contribution in [-0.2, 0) is 0 Å². The van der Waals surface area contributed by atoms with Crippen molar-refractivity contribution in [3.8, 4) is 11.4 Å². The molecule has 0 saturated carbocycles. The van der Waals surface area contributed by atoms with E-state index in [0.717, 1.165) is 11.8 Å². The predicted octanol–water partition coefficient (Wildman–Crippen LogP) is 2.66. The lowest BCUT2D eigenvalue weighted by molar-refractivity contribution is 0.112. The van der Waals surface area contributed by atoms with Crippen LogP contribution in [0.15, 0.2) is 36.5 Å². The van der Waals surface area contributed by atoms with Crippen LogP contribution in [0.5, 0.6) is 0 Å². The van der Waals surface area contributed by atoms with Crippen molar-refractivity contribution in [1.29, 1.82) is 0 Å². The number of pyridine rings is 1. The van der Waals surface area contributed by atoms with Crippen LogP contribution in [0, 0.1) is 12.7 Å². The van der Waals surface area contributed by atoms with E-state index in [4.69, 9.17) is 0 Å². The first-order valence-electron chi connectivity index (χ1n) is 5.76. The number of carbonyl (C=O) groups excluding carboxylic acids is 1. The maximum absolute atomic E-state index is 13.7. The van der Waals surface area contributed by atoms with Crippen molar-refractivity contribution in [2.75, 3.05) is 0 Å². The fourth-order valence-corrected chi connectivity index (χ4v) is 1.92. The second kappa shape index (κ2) is 4.28. The Morgan fingerprint density at radius 1 is 1.32 bits per heavy atom. The molecule has 1 aromatic carbocycles. The van der Waals surface area contributed by atoms with Gasteiger partial charge in [0.15, 0.2) is 17.8 Å². The minimum Gasteiger partial charge on any atom is -0.298 e. The summed E-state index contributed by atoms with van der Waals surface area (Å²) in [5.74, 6) is -0.0636. The molecule has 0 N–H and O–H groups in total. The third kappa shape index (κ3) is 1.89. The maximum atomic E-state index is 13.7. The van der Waals surface area contributed by atoms with Crippen LogP contribution < -0.4 is 0 Å². The molecule has 94 valence electrons. The predicted molar refractivity (Wildman–Crippen MR) is 68.5 cm³/mol. The first-order chi connectivity index (χ1) is 9.19. The van der Waals surface area contributed by atoms with Gasteiger partial charge in [-0.25, -0.2) is 13.9 Å². The van der Waals surface area contributed by atoms with Gasteiger partial charge in [-0.05, 0) is 30.7 Å². The van der Waals surface area contributed by atoms with Crippen LogP contribution in [-0.4, -0.2) is 20.9 Å². The van der Waals surface area contributed by atoms with Gasteiger partial charge in [0.2, 0.25) is 0 Å². The Bertz CT molecular complexity index is 779. The molecule has 3 rings (SSSR count). The highest BCUT2D eigenvalue weighted by Crippen LogP contribution is 2.20. The molecule has 19 heavy (non-hydrogen) atoms. The summed E-state index contributed by atoms with van der Waals surface area (Å²) in [6.45, 7) is 1.82. The first kappa shape index (κ1) is 11.5. The van der Waals surface area contributed by atoms with Crippen molar-refractivity contribution in [2.45, 2.75) is 6.92 Å². The van der Waals surface area contributed by atoms with Gasteiger partial charge >= 0.3 is 0 Å². The smallest absolute Gasteiger partial charge is 0.185 e. The highest BCUT2D eigenvalue weighted by Gasteiger charge is 2.11. The molecular weight excluding hydrogens is 245 g/mol. The Labute approximate surface area is 108 Å². The van der Waals surface area contributed by atoms with Crippen LogP contribution in [0.4, 0.5) is 4.39 Å². The summed E-state index contributed by atoms with van der Waals surface area (Å²) in [6, 6.07) is 8.08. The average molecular weight is 255 g/mol. The van der Waals surface area contributed by atoms with Crippen molar-refractivity contribution in [3.63, 3.8) is 0 Å². The Kier molecular flexibility index (Phi) is 2.59. The molecular formula is C14H10FN3O. The largest absolute Gasteiger partial charge is 0.298 e. The Hall–Kier alpha value is -2.56. The van der Waals surface area contributed by atoms with Crippen LogP contribution in [0.25, 0.3) is 17.0 Å². The van der Waals surface area contributed by atoms with Gasteiger partial charge in [0.05, 0.1) is 5.56 Å². The first-order valence-corrected chi connectivity index (χ1v) is 5.76. The SMILES string of the molecule is Cc1cc2nc(-c3ccccc3F)nn2cc1C=O. The summed E-state index contributed by atoms with van der Waals surface area (Å²) in [5, 5.41) is 4.20. The van der Waals surface area contributed by atoms with Gasteiger partial charge in [0.25, 0.3) is 0 Å². The quantitative estimate of drug-likeness (QED) is 0.661. The third-order valence-electron chi connectivity index (χ3n) is 2.96. The normalized spacial score (nSPS) is 10.8. The zero-order chi connectivity index (χ0) is 13.4. The van der Waals surface area contributed by atoms with Gasteiger partial charge in [0.1, 0.15) is 5.82 Å². The van der Waals surface area contributed by atoms with Crippen LogP contribution in [0.2, 0.25) is 0 Å². The number of benzene rings is 1. The minimum absolute atomic E-state index is 0.306.